The molecule has 2 aromatic rings. The lowest BCUT2D eigenvalue weighted by Crippen LogP contribution is -2.37. The highest BCUT2D eigenvalue weighted by atomic mass is 32.2. The fraction of sp³-hybridized carbons (Fsp3) is 0.429. The monoisotopic (exact) mass is 319 g/mol. The van der Waals surface area contributed by atoms with Gasteiger partial charge in [0.1, 0.15) is 11.7 Å². The minimum Gasteiger partial charge on any atom is -0.354 e. The van der Waals surface area contributed by atoms with E-state index in [1.165, 1.54) is 0 Å². The molecule has 116 valence electrons. The molecule has 8 heteroatoms. The Bertz CT molecular complexity index is 829. The number of fused-ring (bicyclic) bond motifs is 1. The lowest BCUT2D eigenvalue weighted by molar-refractivity contribution is 0.434. The highest BCUT2D eigenvalue weighted by Crippen LogP contribution is 2.26. The minimum absolute atomic E-state index is 0.0249. The fourth-order valence-corrected chi connectivity index (χ4v) is 3.94. The molecule has 0 spiro atoms. The number of hydrogen-bond acceptors (Lipinski definition) is 5. The van der Waals surface area contributed by atoms with Gasteiger partial charge in [-0.05, 0) is 30.9 Å². The summed E-state index contributed by atoms with van der Waals surface area (Å²) in [6.07, 6.45) is 3.28. The molecule has 0 bridgehead atoms. The molecule has 1 aliphatic rings. The van der Waals surface area contributed by atoms with E-state index in [1.54, 1.807) is 4.40 Å². The number of hydrogen-bond donors (Lipinski definition) is 1. The van der Waals surface area contributed by atoms with Crippen molar-refractivity contribution in [3.8, 4) is 6.07 Å². The van der Waals surface area contributed by atoms with Crippen molar-refractivity contribution in [2.24, 2.45) is 11.1 Å². The van der Waals surface area contributed by atoms with Crippen LogP contribution in [-0.4, -0.2) is 36.6 Å². The number of rotatable bonds is 3. The minimum atomic E-state index is -3.43. The number of imidazole rings is 1. The zero-order valence-electron chi connectivity index (χ0n) is 12.0. The summed E-state index contributed by atoms with van der Waals surface area (Å²) in [5.41, 5.74) is 1.25. The first kappa shape index (κ1) is 14.8. The van der Waals surface area contributed by atoms with Gasteiger partial charge in [-0.25, -0.2) is 18.5 Å². The summed E-state index contributed by atoms with van der Waals surface area (Å²) in [6.45, 7) is 1.36. The number of nitriles is 1. The van der Waals surface area contributed by atoms with E-state index in [0.29, 0.717) is 24.6 Å². The standard InChI is InChI=1S/C14H17N5O2S/c15-9-12-14(17-13-3-1-2-6-19(12)13)18-7-4-11(5-8-18)10-22(16,20)21/h1-3,6,11H,4-5,7-8,10H2,(H2,16,20,21). The molecule has 7 nitrogen and oxygen atoms in total. The van der Waals surface area contributed by atoms with E-state index >= 15 is 0 Å². The van der Waals surface area contributed by atoms with Crippen LogP contribution in [0.1, 0.15) is 18.5 Å². The molecule has 0 atom stereocenters. The molecular formula is C14H17N5O2S. The number of nitrogens with two attached hydrogens (primary N) is 1. The average molecular weight is 319 g/mol. The van der Waals surface area contributed by atoms with Crippen molar-refractivity contribution in [3.05, 3.63) is 30.1 Å². The van der Waals surface area contributed by atoms with Gasteiger partial charge in [-0.1, -0.05) is 6.07 Å². The van der Waals surface area contributed by atoms with Crippen molar-refractivity contribution in [1.82, 2.24) is 9.38 Å². The van der Waals surface area contributed by atoms with Crippen LogP contribution in [0.3, 0.4) is 0 Å². The van der Waals surface area contributed by atoms with Crippen molar-refractivity contribution in [1.29, 1.82) is 5.26 Å². The first-order valence-corrected chi connectivity index (χ1v) is 8.82. The van der Waals surface area contributed by atoms with E-state index in [-0.39, 0.29) is 11.7 Å². The van der Waals surface area contributed by atoms with E-state index in [1.807, 2.05) is 29.3 Å². The number of pyridine rings is 1. The van der Waals surface area contributed by atoms with Crippen LogP contribution in [0, 0.1) is 17.2 Å². The molecular weight excluding hydrogens is 302 g/mol. The zero-order chi connectivity index (χ0) is 15.7. The summed E-state index contributed by atoms with van der Waals surface area (Å²) in [7, 11) is -3.43. The van der Waals surface area contributed by atoms with Crippen LogP contribution in [0.15, 0.2) is 24.4 Å². The van der Waals surface area contributed by atoms with Crippen LogP contribution in [0.2, 0.25) is 0 Å². The Kier molecular flexibility index (Phi) is 3.76. The van der Waals surface area contributed by atoms with Crippen LogP contribution in [0.5, 0.6) is 0 Å². The molecule has 0 saturated carbocycles. The smallest absolute Gasteiger partial charge is 0.209 e. The SMILES string of the molecule is N#Cc1c(N2CCC(CS(N)(=O)=O)CC2)nc2ccccn12. The topological polar surface area (TPSA) is 104 Å². The fourth-order valence-electron chi connectivity index (χ4n) is 2.95. The van der Waals surface area contributed by atoms with E-state index in [2.05, 4.69) is 11.1 Å². The summed E-state index contributed by atoms with van der Waals surface area (Å²) in [5, 5.41) is 14.5. The van der Waals surface area contributed by atoms with E-state index in [4.69, 9.17) is 5.14 Å². The van der Waals surface area contributed by atoms with Gasteiger partial charge in [0.25, 0.3) is 0 Å². The number of sulfonamides is 1. The van der Waals surface area contributed by atoms with Gasteiger partial charge < -0.3 is 4.90 Å². The van der Waals surface area contributed by atoms with Gasteiger partial charge in [-0.3, -0.25) is 4.40 Å². The highest BCUT2D eigenvalue weighted by molar-refractivity contribution is 7.89. The van der Waals surface area contributed by atoms with Gasteiger partial charge >= 0.3 is 0 Å². The Labute approximate surface area is 129 Å². The third-order valence-electron chi connectivity index (χ3n) is 4.00. The molecule has 2 N–H and O–H groups in total. The molecule has 0 aromatic carbocycles. The van der Waals surface area contributed by atoms with Crippen LogP contribution in [0.4, 0.5) is 5.82 Å². The number of aromatic nitrogens is 2. The lowest BCUT2D eigenvalue weighted by atomic mass is 9.99. The molecule has 2 aromatic heterocycles. The first-order chi connectivity index (χ1) is 10.5. The molecule has 22 heavy (non-hydrogen) atoms. The van der Waals surface area contributed by atoms with Gasteiger partial charge in [0.15, 0.2) is 11.5 Å². The third-order valence-corrected chi connectivity index (χ3v) is 4.94. The largest absolute Gasteiger partial charge is 0.354 e. The zero-order valence-corrected chi connectivity index (χ0v) is 12.8. The Morgan fingerprint density at radius 2 is 2.09 bits per heavy atom. The molecule has 1 saturated heterocycles. The van der Waals surface area contributed by atoms with Crippen molar-refractivity contribution in [3.63, 3.8) is 0 Å². The summed E-state index contributed by atoms with van der Waals surface area (Å²) >= 11 is 0. The van der Waals surface area contributed by atoms with Crippen LogP contribution in [0.25, 0.3) is 5.65 Å². The molecule has 0 radical (unpaired) electrons. The van der Waals surface area contributed by atoms with Crippen LogP contribution >= 0.6 is 0 Å². The molecule has 0 unspecified atom stereocenters. The summed E-state index contributed by atoms with van der Waals surface area (Å²) in [5.74, 6) is 0.772. The van der Waals surface area contributed by atoms with E-state index < -0.39 is 10.0 Å². The van der Waals surface area contributed by atoms with Crippen LogP contribution < -0.4 is 10.0 Å². The summed E-state index contributed by atoms with van der Waals surface area (Å²) in [6, 6.07) is 7.81. The van der Waals surface area contributed by atoms with Gasteiger partial charge in [0.05, 0.1) is 5.75 Å². The highest BCUT2D eigenvalue weighted by Gasteiger charge is 2.26. The summed E-state index contributed by atoms with van der Waals surface area (Å²) in [4.78, 5) is 6.58. The van der Waals surface area contributed by atoms with Gasteiger partial charge in [0, 0.05) is 19.3 Å². The second-order valence-electron chi connectivity index (χ2n) is 5.58. The number of piperidine rings is 1. The second-order valence-corrected chi connectivity index (χ2v) is 7.24. The Hall–Kier alpha value is -2.11. The molecule has 0 aliphatic carbocycles. The quantitative estimate of drug-likeness (QED) is 0.897. The van der Waals surface area contributed by atoms with E-state index in [9.17, 15) is 13.7 Å². The van der Waals surface area contributed by atoms with Crippen molar-refractivity contribution < 1.29 is 8.42 Å². The number of primary sulfonamides is 1. The Morgan fingerprint density at radius 1 is 1.36 bits per heavy atom. The number of anilines is 1. The molecule has 3 rings (SSSR count). The van der Waals surface area contributed by atoms with E-state index in [0.717, 1.165) is 18.5 Å². The molecule has 1 fully saturated rings. The normalized spacial score (nSPS) is 16.8. The lowest BCUT2D eigenvalue weighted by Gasteiger charge is -2.31. The summed E-state index contributed by atoms with van der Waals surface area (Å²) < 4.78 is 24.1. The van der Waals surface area contributed by atoms with Crippen molar-refractivity contribution >= 4 is 21.5 Å². The van der Waals surface area contributed by atoms with Crippen molar-refractivity contribution in [2.75, 3.05) is 23.7 Å². The molecule has 1 aliphatic heterocycles. The van der Waals surface area contributed by atoms with Crippen LogP contribution in [-0.2, 0) is 10.0 Å². The average Bonchev–Trinajstić information content (AvgIpc) is 2.85. The molecule has 0 amide bonds. The Balaban J connectivity index is 1.81. The third kappa shape index (κ3) is 2.91. The number of nitrogens with zero attached hydrogens (tertiary/aromatic N) is 4. The van der Waals surface area contributed by atoms with Gasteiger partial charge in [-0.15, -0.1) is 0 Å². The maximum Gasteiger partial charge on any atom is 0.209 e. The van der Waals surface area contributed by atoms with Crippen molar-refractivity contribution in [2.45, 2.75) is 12.8 Å². The second kappa shape index (κ2) is 5.59. The maximum atomic E-state index is 11.2. The van der Waals surface area contributed by atoms with Gasteiger partial charge in [-0.2, -0.15) is 5.26 Å². The van der Waals surface area contributed by atoms with Gasteiger partial charge in [0.2, 0.25) is 10.0 Å². The first-order valence-electron chi connectivity index (χ1n) is 7.10. The maximum absolute atomic E-state index is 11.2. The molecule has 3 heterocycles. The predicted molar refractivity (Wildman–Crippen MR) is 82.8 cm³/mol. The Morgan fingerprint density at radius 3 is 2.73 bits per heavy atom. The predicted octanol–water partition coefficient (Wildman–Crippen LogP) is 0.711.